The molecule has 1 N–H and O–H groups in total. The highest BCUT2D eigenvalue weighted by Crippen LogP contribution is 2.28. The third-order valence-corrected chi connectivity index (χ3v) is 3.34. The zero-order valence-corrected chi connectivity index (χ0v) is 9.75. The molecule has 0 radical (unpaired) electrons. The number of benzene rings is 1. The van der Waals surface area contributed by atoms with Crippen LogP contribution in [-0.4, -0.2) is 11.1 Å². The molecule has 82 valence electrons. The molecule has 3 heteroatoms. The van der Waals surface area contributed by atoms with E-state index in [1.165, 1.54) is 16.9 Å². The third kappa shape index (κ3) is 2.31. The van der Waals surface area contributed by atoms with Crippen LogP contribution in [0.15, 0.2) is 35.7 Å². The van der Waals surface area contributed by atoms with Crippen LogP contribution in [0.25, 0.3) is 11.1 Å². The number of carboxylic acid groups (broad SMARTS) is 1. The molecular formula is C13H12O2S. The molecule has 0 aliphatic rings. The lowest BCUT2D eigenvalue weighted by Crippen LogP contribution is -1.98. The molecule has 2 nitrogen and oxygen atoms in total. The van der Waals surface area contributed by atoms with E-state index in [1.54, 1.807) is 0 Å². The molecule has 0 unspecified atom stereocenters. The van der Waals surface area contributed by atoms with Crippen molar-refractivity contribution >= 4 is 17.3 Å². The molecule has 0 saturated carbocycles. The van der Waals surface area contributed by atoms with Crippen LogP contribution in [-0.2, 0) is 11.2 Å². The summed E-state index contributed by atoms with van der Waals surface area (Å²) in [6, 6.07) is 10.1. The minimum Gasteiger partial charge on any atom is -0.481 e. The Kier molecular flexibility index (Phi) is 3.06. The highest BCUT2D eigenvalue weighted by Gasteiger charge is 2.09. The largest absolute Gasteiger partial charge is 0.481 e. The predicted molar refractivity (Wildman–Crippen MR) is 65.8 cm³/mol. The SMILES string of the molecule is Cc1ccc(-c2ccsc2CC(=O)O)cc1. The van der Waals surface area contributed by atoms with Gasteiger partial charge in [-0.2, -0.15) is 0 Å². The van der Waals surface area contributed by atoms with E-state index in [9.17, 15) is 4.79 Å². The number of hydrogen-bond donors (Lipinski definition) is 1. The molecule has 0 saturated heterocycles. The Morgan fingerprint density at radius 2 is 1.94 bits per heavy atom. The van der Waals surface area contributed by atoms with E-state index in [1.807, 2.05) is 42.6 Å². The molecule has 1 heterocycles. The maximum atomic E-state index is 10.7. The van der Waals surface area contributed by atoms with Gasteiger partial charge < -0.3 is 5.11 Å². The van der Waals surface area contributed by atoms with Gasteiger partial charge in [0.25, 0.3) is 0 Å². The van der Waals surface area contributed by atoms with Gasteiger partial charge in [-0.05, 0) is 29.5 Å². The average molecular weight is 232 g/mol. The van der Waals surface area contributed by atoms with Crippen LogP contribution < -0.4 is 0 Å². The Balaban J connectivity index is 2.36. The second kappa shape index (κ2) is 4.49. The fraction of sp³-hybridized carbons (Fsp3) is 0.154. The lowest BCUT2D eigenvalue weighted by molar-refractivity contribution is -0.136. The number of hydrogen-bond acceptors (Lipinski definition) is 2. The van der Waals surface area contributed by atoms with Gasteiger partial charge in [0.2, 0.25) is 0 Å². The number of carbonyl (C=O) groups is 1. The van der Waals surface area contributed by atoms with Crippen LogP contribution in [0.1, 0.15) is 10.4 Å². The van der Waals surface area contributed by atoms with Crippen LogP contribution in [0.4, 0.5) is 0 Å². The summed E-state index contributed by atoms with van der Waals surface area (Å²) in [6.07, 6.45) is 0.0981. The molecule has 0 spiro atoms. The van der Waals surface area contributed by atoms with E-state index in [-0.39, 0.29) is 6.42 Å². The van der Waals surface area contributed by atoms with Gasteiger partial charge in [0, 0.05) is 4.88 Å². The van der Waals surface area contributed by atoms with Crippen molar-refractivity contribution < 1.29 is 9.90 Å². The van der Waals surface area contributed by atoms with Gasteiger partial charge in [-0.25, -0.2) is 0 Å². The Labute approximate surface area is 98.2 Å². The minimum absolute atomic E-state index is 0.0981. The van der Waals surface area contributed by atoms with Crippen LogP contribution in [0.5, 0.6) is 0 Å². The van der Waals surface area contributed by atoms with Crippen molar-refractivity contribution in [3.05, 3.63) is 46.2 Å². The van der Waals surface area contributed by atoms with Gasteiger partial charge >= 0.3 is 5.97 Å². The normalized spacial score (nSPS) is 10.3. The molecule has 0 amide bonds. The Bertz CT molecular complexity index is 497. The van der Waals surface area contributed by atoms with Crippen molar-refractivity contribution in [1.82, 2.24) is 0 Å². The van der Waals surface area contributed by atoms with Gasteiger partial charge in [-0.3, -0.25) is 4.79 Å². The van der Waals surface area contributed by atoms with E-state index in [0.29, 0.717) is 0 Å². The first-order valence-corrected chi connectivity index (χ1v) is 5.90. The Morgan fingerprint density at radius 1 is 1.25 bits per heavy atom. The summed E-state index contributed by atoms with van der Waals surface area (Å²) < 4.78 is 0. The summed E-state index contributed by atoms with van der Waals surface area (Å²) in [6.45, 7) is 2.04. The highest BCUT2D eigenvalue weighted by atomic mass is 32.1. The molecule has 0 bridgehead atoms. The minimum atomic E-state index is -0.782. The van der Waals surface area contributed by atoms with Crippen LogP contribution in [0, 0.1) is 6.92 Å². The Hall–Kier alpha value is -1.61. The standard InChI is InChI=1S/C13H12O2S/c1-9-2-4-10(5-3-9)11-6-7-16-12(11)8-13(14)15/h2-7H,8H2,1H3,(H,14,15). The van der Waals surface area contributed by atoms with Crippen molar-refractivity contribution in [2.45, 2.75) is 13.3 Å². The van der Waals surface area contributed by atoms with E-state index in [4.69, 9.17) is 5.11 Å². The number of aliphatic carboxylic acids is 1. The quantitative estimate of drug-likeness (QED) is 0.881. The fourth-order valence-electron chi connectivity index (χ4n) is 1.61. The molecule has 2 aromatic rings. The Morgan fingerprint density at radius 3 is 2.56 bits per heavy atom. The second-order valence-electron chi connectivity index (χ2n) is 3.69. The summed E-state index contributed by atoms with van der Waals surface area (Å²) in [5, 5.41) is 10.7. The van der Waals surface area contributed by atoms with Crippen molar-refractivity contribution in [2.75, 3.05) is 0 Å². The zero-order valence-electron chi connectivity index (χ0n) is 8.93. The van der Waals surface area contributed by atoms with Crippen molar-refractivity contribution in [2.24, 2.45) is 0 Å². The van der Waals surface area contributed by atoms with Crippen molar-refractivity contribution in [3.63, 3.8) is 0 Å². The van der Waals surface area contributed by atoms with Gasteiger partial charge in [0.15, 0.2) is 0 Å². The monoisotopic (exact) mass is 232 g/mol. The predicted octanol–water partition coefficient (Wildman–Crippen LogP) is 3.35. The molecule has 1 aromatic carbocycles. The first-order valence-electron chi connectivity index (χ1n) is 5.02. The number of rotatable bonds is 3. The van der Waals surface area contributed by atoms with E-state index in [2.05, 4.69) is 0 Å². The zero-order chi connectivity index (χ0) is 11.5. The number of thiophene rings is 1. The van der Waals surface area contributed by atoms with Crippen LogP contribution >= 0.6 is 11.3 Å². The molecule has 0 aliphatic heterocycles. The molecule has 0 atom stereocenters. The van der Waals surface area contributed by atoms with Gasteiger partial charge in [0.05, 0.1) is 6.42 Å². The topological polar surface area (TPSA) is 37.3 Å². The third-order valence-electron chi connectivity index (χ3n) is 2.42. The average Bonchev–Trinajstić information content (AvgIpc) is 2.66. The number of carboxylic acids is 1. The summed E-state index contributed by atoms with van der Waals surface area (Å²) in [7, 11) is 0. The molecule has 1 aromatic heterocycles. The second-order valence-corrected chi connectivity index (χ2v) is 4.69. The maximum Gasteiger partial charge on any atom is 0.308 e. The van der Waals surface area contributed by atoms with E-state index >= 15 is 0 Å². The van der Waals surface area contributed by atoms with Crippen LogP contribution in [0.3, 0.4) is 0 Å². The molecule has 16 heavy (non-hydrogen) atoms. The van der Waals surface area contributed by atoms with Crippen LogP contribution in [0.2, 0.25) is 0 Å². The lowest BCUT2D eigenvalue weighted by Gasteiger charge is -2.02. The summed E-state index contributed by atoms with van der Waals surface area (Å²) in [4.78, 5) is 11.6. The van der Waals surface area contributed by atoms with Gasteiger partial charge in [-0.15, -0.1) is 11.3 Å². The molecule has 0 aliphatic carbocycles. The summed E-state index contributed by atoms with van der Waals surface area (Å²) in [5.74, 6) is -0.782. The summed E-state index contributed by atoms with van der Waals surface area (Å²) in [5.41, 5.74) is 3.33. The molecule has 2 rings (SSSR count). The smallest absolute Gasteiger partial charge is 0.308 e. The first-order chi connectivity index (χ1) is 7.66. The van der Waals surface area contributed by atoms with Gasteiger partial charge in [-0.1, -0.05) is 29.8 Å². The molecular weight excluding hydrogens is 220 g/mol. The van der Waals surface area contributed by atoms with Crippen molar-refractivity contribution in [3.8, 4) is 11.1 Å². The van der Waals surface area contributed by atoms with Gasteiger partial charge in [0.1, 0.15) is 0 Å². The van der Waals surface area contributed by atoms with E-state index < -0.39 is 5.97 Å². The fourth-order valence-corrected chi connectivity index (χ4v) is 2.49. The number of aryl methyl sites for hydroxylation is 1. The first kappa shape index (κ1) is 10.9. The molecule has 0 fully saturated rings. The maximum absolute atomic E-state index is 10.7. The van der Waals surface area contributed by atoms with Crippen molar-refractivity contribution in [1.29, 1.82) is 0 Å². The summed E-state index contributed by atoms with van der Waals surface area (Å²) >= 11 is 1.50. The van der Waals surface area contributed by atoms with E-state index in [0.717, 1.165) is 16.0 Å². The highest BCUT2D eigenvalue weighted by molar-refractivity contribution is 7.10. The lowest BCUT2D eigenvalue weighted by atomic mass is 10.0.